The third-order valence-corrected chi connectivity index (χ3v) is 3.32. The number of benzene rings is 1. The van der Waals surface area contributed by atoms with Crippen LogP contribution < -0.4 is 16.4 Å². The number of likely N-dealkylation sites (N-methyl/N-ethyl adjacent to an activating group) is 1. The molecule has 0 radical (unpaired) electrons. The predicted molar refractivity (Wildman–Crippen MR) is 89.0 cm³/mol. The van der Waals surface area contributed by atoms with Crippen LogP contribution in [0.2, 0.25) is 0 Å². The van der Waals surface area contributed by atoms with Crippen molar-refractivity contribution in [3.05, 3.63) is 29.8 Å². The number of nitrogens with zero attached hydrogens (tertiary/aromatic N) is 1. The van der Waals surface area contributed by atoms with Crippen molar-refractivity contribution >= 4 is 23.4 Å². The van der Waals surface area contributed by atoms with Crippen LogP contribution in [-0.2, 0) is 9.59 Å². The highest BCUT2D eigenvalue weighted by molar-refractivity contribution is 5.96. The molecule has 0 fully saturated rings. The van der Waals surface area contributed by atoms with Crippen LogP contribution in [0.3, 0.4) is 0 Å². The van der Waals surface area contributed by atoms with Crippen molar-refractivity contribution in [2.45, 2.75) is 32.9 Å². The monoisotopic (exact) mass is 320 g/mol. The van der Waals surface area contributed by atoms with Crippen molar-refractivity contribution in [2.24, 2.45) is 5.73 Å². The number of primary amides is 1. The van der Waals surface area contributed by atoms with E-state index in [-0.39, 0.29) is 24.4 Å². The fraction of sp³-hybridized carbons (Fsp3) is 0.438. The van der Waals surface area contributed by atoms with E-state index in [9.17, 15) is 14.4 Å². The molecule has 1 aromatic rings. The first-order valence-corrected chi connectivity index (χ1v) is 7.41. The summed E-state index contributed by atoms with van der Waals surface area (Å²) in [4.78, 5) is 36.6. The van der Waals surface area contributed by atoms with E-state index in [1.807, 2.05) is 13.8 Å². The lowest BCUT2D eigenvalue weighted by molar-refractivity contribution is -0.125. The highest BCUT2D eigenvalue weighted by atomic mass is 16.2. The van der Waals surface area contributed by atoms with E-state index in [0.717, 1.165) is 0 Å². The van der Waals surface area contributed by atoms with Gasteiger partial charge in [-0.25, -0.2) is 0 Å². The van der Waals surface area contributed by atoms with E-state index in [4.69, 9.17) is 5.73 Å². The van der Waals surface area contributed by atoms with Crippen molar-refractivity contribution in [1.29, 1.82) is 0 Å². The van der Waals surface area contributed by atoms with Gasteiger partial charge < -0.3 is 16.4 Å². The van der Waals surface area contributed by atoms with Gasteiger partial charge in [0.25, 0.3) is 0 Å². The van der Waals surface area contributed by atoms with Crippen LogP contribution in [-0.4, -0.2) is 48.3 Å². The Hall–Kier alpha value is -2.41. The smallest absolute Gasteiger partial charge is 0.248 e. The molecule has 0 aliphatic carbocycles. The van der Waals surface area contributed by atoms with Crippen LogP contribution in [0.1, 0.15) is 31.1 Å². The van der Waals surface area contributed by atoms with Gasteiger partial charge in [-0.05, 0) is 52.1 Å². The second kappa shape index (κ2) is 8.28. The minimum Gasteiger partial charge on any atom is -0.366 e. The Labute approximate surface area is 136 Å². The van der Waals surface area contributed by atoms with E-state index in [0.29, 0.717) is 11.3 Å². The summed E-state index contributed by atoms with van der Waals surface area (Å²) in [6, 6.07) is 5.88. The number of hydrogen-bond acceptors (Lipinski definition) is 4. The summed E-state index contributed by atoms with van der Waals surface area (Å²) in [6.45, 7) is 5.61. The number of hydrogen-bond donors (Lipinski definition) is 3. The molecule has 0 saturated carbocycles. The topological polar surface area (TPSA) is 105 Å². The van der Waals surface area contributed by atoms with Gasteiger partial charge in [-0.1, -0.05) is 0 Å². The Morgan fingerprint density at radius 3 is 2.17 bits per heavy atom. The van der Waals surface area contributed by atoms with E-state index >= 15 is 0 Å². The van der Waals surface area contributed by atoms with Gasteiger partial charge in [-0.2, -0.15) is 0 Å². The first-order valence-electron chi connectivity index (χ1n) is 7.41. The molecule has 4 N–H and O–H groups in total. The molecular weight excluding hydrogens is 296 g/mol. The van der Waals surface area contributed by atoms with Crippen LogP contribution in [0.25, 0.3) is 0 Å². The molecule has 0 bridgehead atoms. The fourth-order valence-electron chi connectivity index (χ4n) is 1.90. The van der Waals surface area contributed by atoms with Crippen LogP contribution in [0.15, 0.2) is 24.3 Å². The molecule has 7 nitrogen and oxygen atoms in total. The Morgan fingerprint density at radius 1 is 1.13 bits per heavy atom. The lowest BCUT2D eigenvalue weighted by atomic mass is 10.2. The minimum atomic E-state index is -0.521. The molecule has 0 heterocycles. The number of anilines is 1. The summed E-state index contributed by atoms with van der Waals surface area (Å²) < 4.78 is 0. The highest BCUT2D eigenvalue weighted by Crippen LogP contribution is 2.10. The molecular formula is C16H24N4O3. The Morgan fingerprint density at radius 2 is 1.70 bits per heavy atom. The van der Waals surface area contributed by atoms with Crippen LogP contribution >= 0.6 is 0 Å². The number of nitrogens with two attached hydrogens (primary N) is 1. The van der Waals surface area contributed by atoms with Crippen molar-refractivity contribution in [1.82, 2.24) is 10.2 Å². The molecule has 3 amide bonds. The summed E-state index contributed by atoms with van der Waals surface area (Å²) in [5.74, 6) is -0.892. The van der Waals surface area contributed by atoms with Gasteiger partial charge in [0.15, 0.2) is 0 Å². The molecule has 1 atom stereocenters. The molecule has 0 spiro atoms. The Kier molecular flexibility index (Phi) is 6.71. The molecule has 0 unspecified atom stereocenters. The molecule has 126 valence electrons. The summed E-state index contributed by atoms with van der Waals surface area (Å²) in [6.07, 6.45) is 0. The number of carbonyl (C=O) groups is 3. The number of rotatable bonds is 7. The zero-order valence-electron chi connectivity index (χ0n) is 13.9. The fourth-order valence-corrected chi connectivity index (χ4v) is 1.90. The summed E-state index contributed by atoms with van der Waals surface area (Å²) >= 11 is 0. The molecule has 0 aromatic heterocycles. The van der Waals surface area contributed by atoms with Gasteiger partial charge in [-0.3, -0.25) is 19.3 Å². The van der Waals surface area contributed by atoms with Crippen molar-refractivity contribution in [3.63, 3.8) is 0 Å². The average Bonchev–Trinajstić information content (AvgIpc) is 2.45. The lowest BCUT2D eigenvalue weighted by Crippen LogP contribution is -2.45. The largest absolute Gasteiger partial charge is 0.366 e. The number of amides is 3. The zero-order chi connectivity index (χ0) is 17.6. The SMILES string of the molecule is CC(C)NC(=O)CN(C)[C@H](C)C(=O)Nc1ccc(C(N)=O)cc1. The molecule has 1 rings (SSSR count). The third kappa shape index (κ3) is 6.07. The quantitative estimate of drug-likeness (QED) is 0.683. The van der Waals surface area contributed by atoms with Gasteiger partial charge in [-0.15, -0.1) is 0 Å². The lowest BCUT2D eigenvalue weighted by Gasteiger charge is -2.23. The van der Waals surface area contributed by atoms with E-state index < -0.39 is 11.9 Å². The first kappa shape index (κ1) is 18.6. The minimum absolute atomic E-state index is 0.0591. The second-order valence-electron chi connectivity index (χ2n) is 5.74. The predicted octanol–water partition coefficient (Wildman–Crippen LogP) is 0.569. The molecule has 0 aliphatic rings. The van der Waals surface area contributed by atoms with Crippen molar-refractivity contribution in [3.8, 4) is 0 Å². The molecule has 23 heavy (non-hydrogen) atoms. The summed E-state index contributed by atoms with van der Waals surface area (Å²) in [5, 5.41) is 5.52. The van der Waals surface area contributed by atoms with Crippen molar-refractivity contribution < 1.29 is 14.4 Å². The van der Waals surface area contributed by atoms with Gasteiger partial charge >= 0.3 is 0 Å². The van der Waals surface area contributed by atoms with E-state index in [1.54, 1.807) is 43.1 Å². The zero-order valence-corrected chi connectivity index (χ0v) is 13.9. The van der Waals surface area contributed by atoms with Gasteiger partial charge in [0.05, 0.1) is 12.6 Å². The van der Waals surface area contributed by atoms with Gasteiger partial charge in [0.2, 0.25) is 17.7 Å². The number of nitrogens with one attached hydrogen (secondary N) is 2. The van der Waals surface area contributed by atoms with Crippen LogP contribution in [0.5, 0.6) is 0 Å². The van der Waals surface area contributed by atoms with Gasteiger partial charge in [0, 0.05) is 17.3 Å². The van der Waals surface area contributed by atoms with Gasteiger partial charge in [0.1, 0.15) is 0 Å². The Bertz CT molecular complexity index is 569. The standard InChI is InChI=1S/C16H24N4O3/c1-10(2)18-14(21)9-20(4)11(3)16(23)19-13-7-5-12(6-8-13)15(17)22/h5-8,10-11H,9H2,1-4H3,(H2,17,22)(H,18,21)(H,19,23)/t11-/m1/s1. The molecule has 0 saturated heterocycles. The van der Waals surface area contributed by atoms with Crippen LogP contribution in [0.4, 0.5) is 5.69 Å². The Balaban J connectivity index is 2.58. The summed E-state index contributed by atoms with van der Waals surface area (Å²) in [7, 11) is 1.71. The van der Waals surface area contributed by atoms with Crippen molar-refractivity contribution in [2.75, 3.05) is 18.9 Å². The average molecular weight is 320 g/mol. The molecule has 1 aromatic carbocycles. The highest BCUT2D eigenvalue weighted by Gasteiger charge is 2.20. The normalized spacial score (nSPS) is 12.1. The van der Waals surface area contributed by atoms with E-state index in [2.05, 4.69) is 10.6 Å². The first-order chi connectivity index (χ1) is 10.7. The third-order valence-electron chi connectivity index (χ3n) is 3.32. The maximum atomic E-state index is 12.2. The maximum Gasteiger partial charge on any atom is 0.248 e. The second-order valence-corrected chi connectivity index (χ2v) is 5.74. The number of carbonyl (C=O) groups excluding carboxylic acids is 3. The maximum absolute atomic E-state index is 12.2. The van der Waals surface area contributed by atoms with Crippen LogP contribution in [0, 0.1) is 0 Å². The summed E-state index contributed by atoms with van der Waals surface area (Å²) in [5.41, 5.74) is 6.10. The molecule has 0 aliphatic heterocycles. The molecule has 7 heteroatoms. The van der Waals surface area contributed by atoms with E-state index in [1.165, 1.54) is 0 Å².